The summed E-state index contributed by atoms with van der Waals surface area (Å²) in [5, 5.41) is 0. The van der Waals surface area contributed by atoms with Gasteiger partial charge in [-0.25, -0.2) is 0 Å². The van der Waals surface area contributed by atoms with E-state index in [9.17, 15) is 0 Å². The number of nitrogens with zero attached hydrogens (tertiary/aromatic N) is 1. The number of rotatable bonds is 12. The maximum atomic E-state index is 5.45. The van der Waals surface area contributed by atoms with E-state index in [0.717, 1.165) is 31.7 Å². The normalized spacial score (nSPS) is 12.5. The Labute approximate surface area is 253 Å². The van der Waals surface area contributed by atoms with Crippen LogP contribution in [0.2, 0.25) is 0 Å². The van der Waals surface area contributed by atoms with Gasteiger partial charge in [-0.1, -0.05) is 71.6 Å². The number of aryl methyl sites for hydroxylation is 1. The highest BCUT2D eigenvalue weighted by atomic mass is 32.2. The predicted molar refractivity (Wildman–Crippen MR) is 183 cm³/mol. The van der Waals surface area contributed by atoms with Crippen molar-refractivity contribution in [3.8, 4) is 31.4 Å². The van der Waals surface area contributed by atoms with Gasteiger partial charge in [0.15, 0.2) is 0 Å². The first kappa shape index (κ1) is 39.6. The SMILES string of the molecule is C#C.C#C.CC.CCCCC1(CCCC)CCc2cc(N(C)C)ccc2SC1.NCCCCOc1ccccc1. The number of hydrogen-bond donors (Lipinski definition) is 1. The van der Waals surface area contributed by atoms with Crippen LogP contribution in [0.15, 0.2) is 53.4 Å². The van der Waals surface area contributed by atoms with Gasteiger partial charge in [-0.15, -0.1) is 37.5 Å². The summed E-state index contributed by atoms with van der Waals surface area (Å²) in [5.74, 6) is 2.26. The van der Waals surface area contributed by atoms with Crippen LogP contribution in [0.25, 0.3) is 0 Å². The fourth-order valence-electron chi connectivity index (χ4n) is 4.46. The summed E-state index contributed by atoms with van der Waals surface area (Å²) in [5.41, 5.74) is 8.85. The Bertz CT molecular complexity index is 862. The Morgan fingerprint density at radius 2 is 1.48 bits per heavy atom. The summed E-state index contributed by atoms with van der Waals surface area (Å²) < 4.78 is 5.45. The molecular formula is C36H58N2OS. The van der Waals surface area contributed by atoms with Crippen LogP contribution in [0.5, 0.6) is 5.75 Å². The summed E-state index contributed by atoms with van der Waals surface area (Å²) in [7, 11) is 4.27. The number of nitrogens with two attached hydrogens (primary N) is 1. The number of hydrogen-bond acceptors (Lipinski definition) is 4. The Hall–Kier alpha value is -2.53. The van der Waals surface area contributed by atoms with Crippen molar-refractivity contribution >= 4 is 17.4 Å². The highest BCUT2D eigenvalue weighted by Crippen LogP contribution is 2.45. The molecule has 1 aliphatic rings. The number of terminal acetylenes is 2. The van der Waals surface area contributed by atoms with Gasteiger partial charge in [0.25, 0.3) is 0 Å². The van der Waals surface area contributed by atoms with Gasteiger partial charge < -0.3 is 15.4 Å². The number of benzene rings is 2. The predicted octanol–water partition coefficient (Wildman–Crippen LogP) is 9.49. The van der Waals surface area contributed by atoms with Crippen molar-refractivity contribution in [2.75, 3.05) is 37.9 Å². The fraction of sp³-hybridized carbons (Fsp3) is 0.556. The molecule has 3 nitrogen and oxygen atoms in total. The highest BCUT2D eigenvalue weighted by Gasteiger charge is 2.31. The third kappa shape index (κ3) is 16.5. The van der Waals surface area contributed by atoms with Crippen LogP contribution in [0, 0.1) is 31.1 Å². The lowest BCUT2D eigenvalue weighted by atomic mass is 9.75. The molecule has 40 heavy (non-hydrogen) atoms. The van der Waals surface area contributed by atoms with E-state index >= 15 is 0 Å². The monoisotopic (exact) mass is 566 g/mol. The highest BCUT2D eigenvalue weighted by molar-refractivity contribution is 7.99. The Kier molecular flexibility index (Phi) is 26.4. The van der Waals surface area contributed by atoms with Gasteiger partial charge in [0.05, 0.1) is 6.61 Å². The van der Waals surface area contributed by atoms with Crippen LogP contribution in [0.3, 0.4) is 0 Å². The standard InChI is InChI=1S/C20H33NS.C10H15NO.C2H6.2C2H2/c1-5-7-12-20(13-8-6-2)14-11-17-15-18(21(3)4)9-10-19(17)22-16-20;11-8-4-5-9-12-10-6-2-1-3-7-10;3*1-2/h9-10,15H,5-8,11-14,16H2,1-4H3;1-3,6-7H,4-5,8-9,11H2;1-2H3;2*1-2H. The molecule has 0 aliphatic carbocycles. The van der Waals surface area contributed by atoms with Crippen LogP contribution in [-0.2, 0) is 6.42 Å². The molecule has 0 radical (unpaired) electrons. The number of unbranched alkanes of at least 4 members (excludes halogenated alkanes) is 3. The lowest BCUT2D eigenvalue weighted by molar-refractivity contribution is 0.244. The Morgan fingerprint density at radius 1 is 0.875 bits per heavy atom. The number of thioether (sulfide) groups is 1. The third-order valence-electron chi connectivity index (χ3n) is 6.75. The van der Waals surface area contributed by atoms with Crippen LogP contribution in [0.1, 0.15) is 91.0 Å². The van der Waals surface area contributed by atoms with Crippen LogP contribution < -0.4 is 15.4 Å². The first-order valence-electron chi connectivity index (χ1n) is 15.0. The van der Waals surface area contributed by atoms with Gasteiger partial charge >= 0.3 is 0 Å². The van der Waals surface area contributed by atoms with Gasteiger partial charge in [0.1, 0.15) is 5.75 Å². The van der Waals surface area contributed by atoms with Crippen molar-refractivity contribution < 1.29 is 4.74 Å². The molecule has 0 atom stereocenters. The first-order valence-corrected chi connectivity index (χ1v) is 16.0. The quantitative estimate of drug-likeness (QED) is 0.205. The average molecular weight is 567 g/mol. The molecule has 0 saturated carbocycles. The van der Waals surface area contributed by atoms with E-state index in [-0.39, 0.29) is 0 Å². The summed E-state index contributed by atoms with van der Waals surface area (Å²) in [6.45, 7) is 10.2. The molecule has 2 aromatic carbocycles. The van der Waals surface area contributed by atoms with Gasteiger partial charge in [-0.2, -0.15) is 0 Å². The second kappa shape index (κ2) is 26.7. The first-order chi connectivity index (χ1) is 19.5. The zero-order valence-corrected chi connectivity index (χ0v) is 27.3. The number of anilines is 1. The summed E-state index contributed by atoms with van der Waals surface area (Å²) in [4.78, 5) is 3.75. The molecule has 4 heteroatoms. The molecule has 1 heterocycles. The summed E-state index contributed by atoms with van der Waals surface area (Å²) in [6.07, 6.45) is 29.0. The zero-order valence-electron chi connectivity index (χ0n) is 26.5. The largest absolute Gasteiger partial charge is 0.494 e. The smallest absolute Gasteiger partial charge is 0.119 e. The molecule has 0 amide bonds. The molecule has 0 saturated heterocycles. The molecule has 0 fully saturated rings. The van der Waals surface area contributed by atoms with E-state index in [2.05, 4.69) is 88.5 Å². The summed E-state index contributed by atoms with van der Waals surface area (Å²) in [6, 6.07) is 16.9. The van der Waals surface area contributed by atoms with E-state index in [1.807, 2.05) is 44.2 Å². The minimum absolute atomic E-state index is 0.577. The van der Waals surface area contributed by atoms with Crippen LogP contribution in [0.4, 0.5) is 5.69 Å². The van der Waals surface area contributed by atoms with Crippen LogP contribution >= 0.6 is 11.8 Å². The second-order valence-electron chi connectivity index (χ2n) is 9.84. The lowest BCUT2D eigenvalue weighted by Crippen LogP contribution is -2.24. The molecule has 0 aromatic heterocycles. The third-order valence-corrected chi connectivity index (χ3v) is 8.22. The minimum atomic E-state index is 0.577. The maximum absolute atomic E-state index is 5.45. The number of ether oxygens (including phenoxy) is 1. The molecule has 1 aliphatic heterocycles. The van der Waals surface area contributed by atoms with Gasteiger partial charge in [-0.05, 0) is 86.4 Å². The van der Waals surface area contributed by atoms with Gasteiger partial charge in [-0.3, -0.25) is 0 Å². The molecular weight excluding hydrogens is 508 g/mol. The lowest BCUT2D eigenvalue weighted by Gasteiger charge is -2.32. The van der Waals surface area contributed by atoms with Crippen molar-refractivity contribution in [2.45, 2.75) is 96.8 Å². The second-order valence-corrected chi connectivity index (χ2v) is 10.9. The van der Waals surface area contributed by atoms with E-state index in [4.69, 9.17) is 10.5 Å². The fourth-order valence-corrected chi connectivity index (χ4v) is 5.86. The molecule has 2 N–H and O–H groups in total. The maximum Gasteiger partial charge on any atom is 0.119 e. The van der Waals surface area contributed by atoms with Crippen molar-refractivity contribution in [1.82, 2.24) is 0 Å². The molecule has 3 rings (SSSR count). The molecule has 0 spiro atoms. The minimum Gasteiger partial charge on any atom is -0.494 e. The van der Waals surface area contributed by atoms with E-state index < -0.39 is 0 Å². The van der Waals surface area contributed by atoms with E-state index in [0.29, 0.717) is 5.41 Å². The van der Waals surface area contributed by atoms with Crippen molar-refractivity contribution in [1.29, 1.82) is 0 Å². The average Bonchev–Trinajstić information content (AvgIpc) is 3.20. The Balaban J connectivity index is 0. The number of fused-ring (bicyclic) bond motifs is 1. The van der Waals surface area contributed by atoms with E-state index in [1.54, 1.807) is 5.56 Å². The topological polar surface area (TPSA) is 38.5 Å². The Morgan fingerprint density at radius 3 is 2.00 bits per heavy atom. The van der Waals surface area contributed by atoms with Gasteiger partial charge in [0, 0.05) is 30.4 Å². The van der Waals surface area contributed by atoms with E-state index in [1.165, 1.54) is 67.7 Å². The van der Waals surface area contributed by atoms with Crippen molar-refractivity contribution in [2.24, 2.45) is 11.1 Å². The molecule has 2 aromatic rings. The van der Waals surface area contributed by atoms with Crippen molar-refractivity contribution in [3.63, 3.8) is 0 Å². The number of para-hydroxylation sites is 1. The van der Waals surface area contributed by atoms with Crippen LogP contribution in [-0.4, -0.2) is 33.0 Å². The summed E-state index contributed by atoms with van der Waals surface area (Å²) >= 11 is 2.12. The molecule has 0 unspecified atom stereocenters. The molecule has 224 valence electrons. The zero-order chi connectivity index (χ0) is 30.7. The molecule has 0 bridgehead atoms. The van der Waals surface area contributed by atoms with Gasteiger partial charge in [0.2, 0.25) is 0 Å². The van der Waals surface area contributed by atoms with Crippen molar-refractivity contribution in [3.05, 3.63) is 54.1 Å².